The van der Waals surface area contributed by atoms with E-state index >= 15 is 0 Å². The topological polar surface area (TPSA) is 50.4 Å². The van der Waals surface area contributed by atoms with Gasteiger partial charge in [-0.2, -0.15) is 0 Å². The zero-order valence-corrected chi connectivity index (χ0v) is 8.42. The van der Waals surface area contributed by atoms with E-state index in [0.717, 1.165) is 32.5 Å². The van der Waals surface area contributed by atoms with Crippen molar-refractivity contribution in [1.82, 2.24) is 10.6 Å². The second kappa shape index (κ2) is 4.75. The van der Waals surface area contributed by atoms with Crippen LogP contribution >= 0.6 is 0 Å². The first-order valence-electron chi connectivity index (χ1n) is 5.42. The average molecular weight is 198 g/mol. The second-order valence-electron chi connectivity index (χ2n) is 4.19. The molecule has 0 aliphatic carbocycles. The van der Waals surface area contributed by atoms with Crippen molar-refractivity contribution in [2.75, 3.05) is 26.3 Å². The molecule has 0 aromatic rings. The van der Waals surface area contributed by atoms with Crippen molar-refractivity contribution < 1.29 is 9.53 Å². The van der Waals surface area contributed by atoms with Crippen molar-refractivity contribution in [3.8, 4) is 0 Å². The standard InChI is InChI=1S/C10H18N2O2/c13-10(5-8-1-3-11-6-8)12-9-2-4-14-7-9/h8-9,11H,1-7H2,(H,12,13)/t8-,9?/m0/s1. The van der Waals surface area contributed by atoms with E-state index in [9.17, 15) is 4.79 Å². The highest BCUT2D eigenvalue weighted by Crippen LogP contribution is 2.12. The highest BCUT2D eigenvalue weighted by molar-refractivity contribution is 5.76. The highest BCUT2D eigenvalue weighted by atomic mass is 16.5. The van der Waals surface area contributed by atoms with Crippen LogP contribution in [0.5, 0.6) is 0 Å². The minimum atomic E-state index is 0.189. The quantitative estimate of drug-likeness (QED) is 0.665. The molecule has 0 bridgehead atoms. The summed E-state index contributed by atoms with van der Waals surface area (Å²) in [5.74, 6) is 0.728. The maximum Gasteiger partial charge on any atom is 0.220 e. The average Bonchev–Trinajstić information content (AvgIpc) is 2.76. The molecule has 0 aromatic heterocycles. The van der Waals surface area contributed by atoms with Crippen molar-refractivity contribution in [2.45, 2.75) is 25.3 Å². The van der Waals surface area contributed by atoms with Crippen LogP contribution in [0.15, 0.2) is 0 Å². The summed E-state index contributed by atoms with van der Waals surface area (Å²) in [5, 5.41) is 6.28. The number of ether oxygens (including phenoxy) is 1. The number of rotatable bonds is 3. The van der Waals surface area contributed by atoms with Crippen LogP contribution in [0.25, 0.3) is 0 Å². The molecule has 2 fully saturated rings. The van der Waals surface area contributed by atoms with E-state index in [0.29, 0.717) is 18.9 Å². The van der Waals surface area contributed by atoms with Crippen LogP contribution in [-0.2, 0) is 9.53 Å². The van der Waals surface area contributed by atoms with E-state index in [1.807, 2.05) is 0 Å². The minimum Gasteiger partial charge on any atom is -0.379 e. The first kappa shape index (κ1) is 9.93. The number of nitrogens with one attached hydrogen (secondary N) is 2. The molecule has 0 saturated carbocycles. The van der Waals surface area contributed by atoms with Gasteiger partial charge in [0.2, 0.25) is 5.91 Å². The molecule has 0 aromatic carbocycles. The van der Waals surface area contributed by atoms with Gasteiger partial charge in [0, 0.05) is 13.0 Å². The van der Waals surface area contributed by atoms with Crippen LogP contribution in [0.4, 0.5) is 0 Å². The molecule has 2 atom stereocenters. The number of carbonyl (C=O) groups is 1. The first-order valence-corrected chi connectivity index (χ1v) is 5.42. The zero-order valence-electron chi connectivity index (χ0n) is 8.42. The van der Waals surface area contributed by atoms with Crippen molar-refractivity contribution in [1.29, 1.82) is 0 Å². The van der Waals surface area contributed by atoms with Crippen LogP contribution in [0.3, 0.4) is 0 Å². The molecule has 1 amide bonds. The molecule has 0 radical (unpaired) electrons. The summed E-state index contributed by atoms with van der Waals surface area (Å²) < 4.78 is 5.20. The smallest absolute Gasteiger partial charge is 0.220 e. The van der Waals surface area contributed by atoms with Gasteiger partial charge in [-0.15, -0.1) is 0 Å². The molecular formula is C10H18N2O2. The predicted octanol–water partition coefficient (Wildman–Crippen LogP) is -0.109. The summed E-state index contributed by atoms with van der Waals surface area (Å²) in [4.78, 5) is 11.6. The number of hydrogen-bond donors (Lipinski definition) is 2. The van der Waals surface area contributed by atoms with Crippen LogP contribution in [0.2, 0.25) is 0 Å². The van der Waals surface area contributed by atoms with E-state index in [-0.39, 0.29) is 11.9 Å². The number of amides is 1. The fourth-order valence-electron chi connectivity index (χ4n) is 2.09. The molecule has 4 nitrogen and oxygen atoms in total. The highest BCUT2D eigenvalue weighted by Gasteiger charge is 2.21. The fraction of sp³-hybridized carbons (Fsp3) is 0.900. The Hall–Kier alpha value is -0.610. The van der Waals surface area contributed by atoms with E-state index in [1.165, 1.54) is 0 Å². The van der Waals surface area contributed by atoms with Gasteiger partial charge < -0.3 is 15.4 Å². The number of carbonyl (C=O) groups excluding carboxylic acids is 1. The lowest BCUT2D eigenvalue weighted by atomic mass is 10.0. The van der Waals surface area contributed by atoms with Gasteiger partial charge in [-0.3, -0.25) is 4.79 Å². The van der Waals surface area contributed by atoms with Crippen LogP contribution in [-0.4, -0.2) is 38.3 Å². The third kappa shape index (κ3) is 2.69. The molecule has 2 aliphatic heterocycles. The Labute approximate surface area is 84.4 Å². The molecule has 14 heavy (non-hydrogen) atoms. The van der Waals surface area contributed by atoms with E-state index in [1.54, 1.807) is 0 Å². The lowest BCUT2D eigenvalue weighted by Crippen LogP contribution is -2.36. The molecule has 4 heteroatoms. The van der Waals surface area contributed by atoms with Crippen molar-refractivity contribution >= 4 is 5.91 Å². The van der Waals surface area contributed by atoms with Gasteiger partial charge in [-0.25, -0.2) is 0 Å². The predicted molar refractivity (Wildman–Crippen MR) is 53.0 cm³/mol. The molecule has 0 spiro atoms. The summed E-state index contributed by atoms with van der Waals surface area (Å²) in [6.45, 7) is 3.53. The lowest BCUT2D eigenvalue weighted by molar-refractivity contribution is -0.122. The van der Waals surface area contributed by atoms with Crippen molar-refractivity contribution in [3.63, 3.8) is 0 Å². The molecular weight excluding hydrogens is 180 g/mol. The summed E-state index contributed by atoms with van der Waals surface area (Å²) >= 11 is 0. The second-order valence-corrected chi connectivity index (χ2v) is 4.19. The maximum absolute atomic E-state index is 11.6. The Morgan fingerprint density at radius 1 is 1.50 bits per heavy atom. The number of hydrogen-bond acceptors (Lipinski definition) is 3. The first-order chi connectivity index (χ1) is 6.84. The van der Waals surface area contributed by atoms with Gasteiger partial charge in [-0.05, 0) is 31.8 Å². The Kier molecular flexibility index (Phi) is 3.37. The fourth-order valence-corrected chi connectivity index (χ4v) is 2.09. The third-order valence-electron chi connectivity index (χ3n) is 2.93. The van der Waals surface area contributed by atoms with E-state index < -0.39 is 0 Å². The minimum absolute atomic E-state index is 0.189. The largest absolute Gasteiger partial charge is 0.379 e. The van der Waals surface area contributed by atoms with Crippen molar-refractivity contribution in [3.05, 3.63) is 0 Å². The Balaban J connectivity index is 1.66. The maximum atomic E-state index is 11.6. The Morgan fingerprint density at radius 3 is 3.07 bits per heavy atom. The summed E-state index contributed by atoms with van der Waals surface area (Å²) in [7, 11) is 0. The Bertz CT molecular complexity index is 176. The third-order valence-corrected chi connectivity index (χ3v) is 2.93. The molecule has 2 N–H and O–H groups in total. The van der Waals surface area contributed by atoms with Gasteiger partial charge in [-0.1, -0.05) is 0 Å². The molecule has 2 heterocycles. The molecule has 1 unspecified atom stereocenters. The van der Waals surface area contributed by atoms with Gasteiger partial charge in [0.05, 0.1) is 12.6 Å². The van der Waals surface area contributed by atoms with Gasteiger partial charge in [0.15, 0.2) is 0 Å². The summed E-state index contributed by atoms with van der Waals surface area (Å²) in [6, 6.07) is 0.261. The summed E-state index contributed by atoms with van der Waals surface area (Å²) in [5.41, 5.74) is 0. The Morgan fingerprint density at radius 2 is 2.43 bits per heavy atom. The molecule has 2 rings (SSSR count). The summed E-state index contributed by atoms with van der Waals surface area (Å²) in [6.07, 6.45) is 2.77. The molecule has 2 saturated heterocycles. The normalized spacial score (nSPS) is 32.0. The van der Waals surface area contributed by atoms with Gasteiger partial charge >= 0.3 is 0 Å². The van der Waals surface area contributed by atoms with E-state index in [2.05, 4.69) is 10.6 Å². The monoisotopic (exact) mass is 198 g/mol. The molecule has 80 valence electrons. The van der Waals surface area contributed by atoms with Crippen LogP contribution < -0.4 is 10.6 Å². The lowest BCUT2D eigenvalue weighted by Gasteiger charge is -2.12. The van der Waals surface area contributed by atoms with E-state index in [4.69, 9.17) is 4.74 Å². The van der Waals surface area contributed by atoms with Crippen LogP contribution in [0.1, 0.15) is 19.3 Å². The zero-order chi connectivity index (χ0) is 9.80. The van der Waals surface area contributed by atoms with Crippen molar-refractivity contribution in [2.24, 2.45) is 5.92 Å². The van der Waals surface area contributed by atoms with Crippen LogP contribution in [0, 0.1) is 5.92 Å². The van der Waals surface area contributed by atoms with Gasteiger partial charge in [0.25, 0.3) is 0 Å². The van der Waals surface area contributed by atoms with Gasteiger partial charge in [0.1, 0.15) is 0 Å². The SMILES string of the molecule is O=C(C[C@@H]1CCNC1)NC1CCOC1. The molecule has 2 aliphatic rings.